The maximum absolute atomic E-state index is 9.59. The minimum absolute atomic E-state index is 0.102. The molecule has 10 heavy (non-hydrogen) atoms. The Kier molecular flexibility index (Phi) is 2.69. The second kappa shape index (κ2) is 3.35. The summed E-state index contributed by atoms with van der Waals surface area (Å²) in [5, 5.41) is 12.8. The number of nitrogens with one attached hydrogen (secondary N) is 1. The minimum atomic E-state index is -0.102. The van der Waals surface area contributed by atoms with Crippen molar-refractivity contribution in [1.29, 1.82) is 0 Å². The standard InChI is InChI=1S/C8H17NO/c1-6(2)8(10)7-3-4-9-5-7/h6-10H,3-5H2,1-2H3. The largest absolute Gasteiger partial charge is 0.393 e. The van der Waals surface area contributed by atoms with Crippen LogP contribution in [0.15, 0.2) is 0 Å². The van der Waals surface area contributed by atoms with Gasteiger partial charge in [-0.15, -0.1) is 0 Å². The van der Waals surface area contributed by atoms with Gasteiger partial charge in [0.05, 0.1) is 6.10 Å². The van der Waals surface area contributed by atoms with Crippen molar-refractivity contribution in [2.45, 2.75) is 26.4 Å². The molecule has 2 atom stereocenters. The van der Waals surface area contributed by atoms with Crippen molar-refractivity contribution in [2.75, 3.05) is 13.1 Å². The third-order valence-electron chi connectivity index (χ3n) is 2.26. The van der Waals surface area contributed by atoms with Crippen LogP contribution in [0.5, 0.6) is 0 Å². The number of aliphatic hydroxyl groups is 1. The van der Waals surface area contributed by atoms with Crippen molar-refractivity contribution in [2.24, 2.45) is 11.8 Å². The van der Waals surface area contributed by atoms with E-state index in [4.69, 9.17) is 0 Å². The van der Waals surface area contributed by atoms with E-state index in [1.54, 1.807) is 0 Å². The molecule has 0 saturated carbocycles. The zero-order chi connectivity index (χ0) is 7.56. The molecule has 0 amide bonds. The predicted molar refractivity (Wildman–Crippen MR) is 41.8 cm³/mol. The third-order valence-corrected chi connectivity index (χ3v) is 2.26. The summed E-state index contributed by atoms with van der Waals surface area (Å²) in [6, 6.07) is 0. The molecule has 0 aliphatic carbocycles. The van der Waals surface area contributed by atoms with E-state index in [9.17, 15) is 5.11 Å². The van der Waals surface area contributed by atoms with E-state index < -0.39 is 0 Å². The summed E-state index contributed by atoms with van der Waals surface area (Å²) in [7, 11) is 0. The topological polar surface area (TPSA) is 32.3 Å². The maximum Gasteiger partial charge on any atom is 0.0603 e. The van der Waals surface area contributed by atoms with Gasteiger partial charge in [0.2, 0.25) is 0 Å². The Morgan fingerprint density at radius 2 is 2.20 bits per heavy atom. The Balaban J connectivity index is 2.32. The summed E-state index contributed by atoms with van der Waals surface area (Å²) in [6.07, 6.45) is 1.04. The summed E-state index contributed by atoms with van der Waals surface area (Å²) >= 11 is 0. The average Bonchev–Trinajstić information content (AvgIpc) is 2.36. The van der Waals surface area contributed by atoms with Crippen LogP contribution in [0.3, 0.4) is 0 Å². The zero-order valence-corrected chi connectivity index (χ0v) is 6.80. The molecule has 0 radical (unpaired) electrons. The lowest BCUT2D eigenvalue weighted by Crippen LogP contribution is -2.27. The maximum atomic E-state index is 9.59. The van der Waals surface area contributed by atoms with Gasteiger partial charge in [0.25, 0.3) is 0 Å². The van der Waals surface area contributed by atoms with Gasteiger partial charge >= 0.3 is 0 Å². The number of hydrogen-bond acceptors (Lipinski definition) is 2. The predicted octanol–water partition coefficient (Wildman–Crippen LogP) is 0.613. The highest BCUT2D eigenvalue weighted by Crippen LogP contribution is 2.18. The smallest absolute Gasteiger partial charge is 0.0603 e. The average molecular weight is 143 g/mol. The summed E-state index contributed by atoms with van der Waals surface area (Å²) in [4.78, 5) is 0. The Bertz CT molecular complexity index is 97.4. The van der Waals surface area contributed by atoms with Crippen LogP contribution in [0.4, 0.5) is 0 Å². The molecule has 0 aromatic heterocycles. The van der Waals surface area contributed by atoms with Gasteiger partial charge < -0.3 is 10.4 Å². The molecule has 1 aliphatic heterocycles. The number of hydrogen-bond donors (Lipinski definition) is 2. The molecule has 0 bridgehead atoms. The normalized spacial score (nSPS) is 29.4. The zero-order valence-electron chi connectivity index (χ0n) is 6.80. The Morgan fingerprint density at radius 3 is 2.60 bits per heavy atom. The lowest BCUT2D eigenvalue weighted by Gasteiger charge is -2.20. The minimum Gasteiger partial charge on any atom is -0.393 e. The van der Waals surface area contributed by atoms with Crippen LogP contribution in [0, 0.1) is 11.8 Å². The first-order valence-corrected chi connectivity index (χ1v) is 4.10. The van der Waals surface area contributed by atoms with Crippen molar-refractivity contribution >= 4 is 0 Å². The molecule has 1 saturated heterocycles. The third kappa shape index (κ3) is 1.70. The molecule has 1 heterocycles. The second-order valence-corrected chi connectivity index (χ2v) is 3.49. The van der Waals surface area contributed by atoms with Gasteiger partial charge in [-0.3, -0.25) is 0 Å². The molecule has 2 unspecified atom stereocenters. The highest BCUT2D eigenvalue weighted by Gasteiger charge is 2.24. The first kappa shape index (κ1) is 8.02. The van der Waals surface area contributed by atoms with E-state index >= 15 is 0 Å². The van der Waals surface area contributed by atoms with Crippen LogP contribution < -0.4 is 5.32 Å². The molecule has 2 heteroatoms. The first-order chi connectivity index (χ1) is 4.72. The first-order valence-electron chi connectivity index (χ1n) is 4.10. The lowest BCUT2D eigenvalue weighted by atomic mass is 9.93. The number of rotatable bonds is 2. The summed E-state index contributed by atoms with van der Waals surface area (Å²) < 4.78 is 0. The molecule has 1 fully saturated rings. The van der Waals surface area contributed by atoms with Gasteiger partial charge in [-0.2, -0.15) is 0 Å². The molecule has 1 aliphatic rings. The lowest BCUT2D eigenvalue weighted by molar-refractivity contribution is 0.0729. The monoisotopic (exact) mass is 143 g/mol. The molecule has 0 aromatic rings. The van der Waals surface area contributed by atoms with Crippen LogP contribution >= 0.6 is 0 Å². The molecule has 1 rings (SSSR count). The van der Waals surface area contributed by atoms with Gasteiger partial charge in [-0.05, 0) is 24.8 Å². The van der Waals surface area contributed by atoms with Gasteiger partial charge in [0.15, 0.2) is 0 Å². The quantitative estimate of drug-likeness (QED) is 0.593. The Labute approximate surface area is 62.6 Å². The van der Waals surface area contributed by atoms with E-state index in [1.807, 2.05) is 0 Å². The van der Waals surface area contributed by atoms with Gasteiger partial charge in [-0.25, -0.2) is 0 Å². The fourth-order valence-corrected chi connectivity index (χ4v) is 1.51. The van der Waals surface area contributed by atoms with Crippen LogP contribution in [-0.4, -0.2) is 24.3 Å². The van der Waals surface area contributed by atoms with Crippen molar-refractivity contribution in [3.8, 4) is 0 Å². The van der Waals surface area contributed by atoms with Crippen molar-refractivity contribution in [3.05, 3.63) is 0 Å². The van der Waals surface area contributed by atoms with Gasteiger partial charge in [-0.1, -0.05) is 13.8 Å². The SMILES string of the molecule is CC(C)C(O)C1CCNC1. The highest BCUT2D eigenvalue weighted by atomic mass is 16.3. The van der Waals surface area contributed by atoms with E-state index in [1.165, 1.54) is 0 Å². The Hall–Kier alpha value is -0.0800. The fraction of sp³-hybridized carbons (Fsp3) is 1.00. The van der Waals surface area contributed by atoms with Crippen LogP contribution in [-0.2, 0) is 0 Å². The van der Waals surface area contributed by atoms with E-state index in [-0.39, 0.29) is 6.10 Å². The molecule has 60 valence electrons. The van der Waals surface area contributed by atoms with E-state index in [0.717, 1.165) is 19.5 Å². The molecular formula is C8H17NO. The molecule has 2 N–H and O–H groups in total. The van der Waals surface area contributed by atoms with Gasteiger partial charge in [0.1, 0.15) is 0 Å². The molecule has 2 nitrogen and oxygen atoms in total. The number of aliphatic hydroxyl groups excluding tert-OH is 1. The van der Waals surface area contributed by atoms with Crippen molar-refractivity contribution in [3.63, 3.8) is 0 Å². The van der Waals surface area contributed by atoms with E-state index in [2.05, 4.69) is 19.2 Å². The molecular weight excluding hydrogens is 126 g/mol. The van der Waals surface area contributed by atoms with Crippen molar-refractivity contribution < 1.29 is 5.11 Å². The summed E-state index contributed by atoms with van der Waals surface area (Å²) in [5.41, 5.74) is 0. The molecule has 0 spiro atoms. The van der Waals surface area contributed by atoms with Crippen LogP contribution in [0.2, 0.25) is 0 Å². The van der Waals surface area contributed by atoms with E-state index in [0.29, 0.717) is 11.8 Å². The molecule has 0 aromatic carbocycles. The van der Waals surface area contributed by atoms with Gasteiger partial charge in [0, 0.05) is 6.54 Å². The van der Waals surface area contributed by atoms with Crippen LogP contribution in [0.1, 0.15) is 20.3 Å². The van der Waals surface area contributed by atoms with Crippen LogP contribution in [0.25, 0.3) is 0 Å². The Morgan fingerprint density at radius 1 is 1.50 bits per heavy atom. The fourth-order valence-electron chi connectivity index (χ4n) is 1.51. The summed E-state index contributed by atoms with van der Waals surface area (Å²) in [6.45, 7) is 6.22. The highest BCUT2D eigenvalue weighted by molar-refractivity contribution is 4.79. The second-order valence-electron chi connectivity index (χ2n) is 3.49. The summed E-state index contributed by atoms with van der Waals surface area (Å²) in [5.74, 6) is 0.907. The van der Waals surface area contributed by atoms with Crippen molar-refractivity contribution in [1.82, 2.24) is 5.32 Å².